The van der Waals surface area contributed by atoms with Crippen LogP contribution in [0, 0.1) is 20.8 Å². The smallest absolute Gasteiger partial charge is 0.261 e. The van der Waals surface area contributed by atoms with Crippen LogP contribution in [-0.4, -0.2) is 22.0 Å². The van der Waals surface area contributed by atoms with E-state index in [4.69, 9.17) is 4.74 Å². The number of carbonyl (C=O) groups is 1. The van der Waals surface area contributed by atoms with E-state index in [-0.39, 0.29) is 5.91 Å². The van der Waals surface area contributed by atoms with Gasteiger partial charge in [0.1, 0.15) is 11.6 Å². The van der Waals surface area contributed by atoms with Crippen molar-refractivity contribution in [2.45, 2.75) is 66.0 Å². The van der Waals surface area contributed by atoms with Crippen LogP contribution in [0.15, 0.2) is 18.2 Å². The van der Waals surface area contributed by atoms with Gasteiger partial charge in [-0.1, -0.05) is 12.1 Å². The topological polar surface area (TPSA) is 64.1 Å². The van der Waals surface area contributed by atoms with Crippen LogP contribution < -0.4 is 10.1 Å². The minimum absolute atomic E-state index is 0.162. The van der Waals surface area contributed by atoms with Gasteiger partial charge in [-0.15, -0.1) is 0 Å². The lowest BCUT2D eigenvalue weighted by Crippen LogP contribution is -2.36. The lowest BCUT2D eigenvalue weighted by atomic mass is 9.95. The van der Waals surface area contributed by atoms with Crippen LogP contribution in [0.3, 0.4) is 0 Å². The summed E-state index contributed by atoms with van der Waals surface area (Å²) in [6.45, 7) is 8.10. The van der Waals surface area contributed by atoms with Gasteiger partial charge in [0.05, 0.1) is 6.54 Å². The summed E-state index contributed by atoms with van der Waals surface area (Å²) in [5, 5.41) is 2.90. The average molecular weight is 353 g/mol. The second kappa shape index (κ2) is 7.85. The number of benzene rings is 1. The summed E-state index contributed by atoms with van der Waals surface area (Å²) >= 11 is 0. The molecule has 1 N–H and O–H groups in total. The van der Waals surface area contributed by atoms with Crippen molar-refractivity contribution in [3.05, 3.63) is 52.1 Å². The van der Waals surface area contributed by atoms with Crippen molar-refractivity contribution in [1.82, 2.24) is 15.3 Å². The van der Waals surface area contributed by atoms with Crippen molar-refractivity contribution in [2.75, 3.05) is 0 Å². The molecule has 2 aromatic rings. The standard InChI is InChI=1S/C21H27N3O2/c1-13-9-10-14(2)19(11-13)26-16(4)21(25)22-12-20-23-15(3)17-7-5-6-8-18(17)24-20/h9-11,16H,5-8,12H2,1-4H3,(H,22,25). The molecule has 3 rings (SSSR count). The van der Waals surface area contributed by atoms with E-state index in [9.17, 15) is 4.79 Å². The number of carbonyl (C=O) groups excluding carboxylic acids is 1. The Balaban J connectivity index is 1.61. The van der Waals surface area contributed by atoms with E-state index < -0.39 is 6.10 Å². The Bertz CT molecular complexity index is 817. The molecule has 0 aliphatic heterocycles. The molecule has 0 saturated heterocycles. The number of amides is 1. The predicted octanol–water partition coefficient (Wildman–Crippen LogP) is 3.36. The molecule has 0 fully saturated rings. The van der Waals surface area contributed by atoms with E-state index in [0.29, 0.717) is 12.4 Å². The summed E-state index contributed by atoms with van der Waals surface area (Å²) in [5.74, 6) is 1.26. The Morgan fingerprint density at radius 1 is 1.19 bits per heavy atom. The summed E-state index contributed by atoms with van der Waals surface area (Å²) in [7, 11) is 0. The zero-order valence-electron chi connectivity index (χ0n) is 16.1. The van der Waals surface area contributed by atoms with Crippen molar-refractivity contribution in [3.63, 3.8) is 0 Å². The van der Waals surface area contributed by atoms with E-state index >= 15 is 0 Å². The minimum Gasteiger partial charge on any atom is -0.481 e. The van der Waals surface area contributed by atoms with Gasteiger partial charge in [0, 0.05) is 11.4 Å². The van der Waals surface area contributed by atoms with Crippen molar-refractivity contribution in [1.29, 1.82) is 0 Å². The molecule has 1 aliphatic carbocycles. The normalized spacial score (nSPS) is 14.5. The van der Waals surface area contributed by atoms with Gasteiger partial charge in [-0.05, 0) is 76.1 Å². The fourth-order valence-corrected chi connectivity index (χ4v) is 3.31. The van der Waals surface area contributed by atoms with Crippen LogP contribution in [0.1, 0.15) is 53.7 Å². The molecule has 5 heteroatoms. The van der Waals surface area contributed by atoms with Gasteiger partial charge >= 0.3 is 0 Å². The largest absolute Gasteiger partial charge is 0.481 e. The molecule has 0 spiro atoms. The molecule has 26 heavy (non-hydrogen) atoms. The number of hydrogen-bond acceptors (Lipinski definition) is 4. The summed E-state index contributed by atoms with van der Waals surface area (Å²) in [4.78, 5) is 21.6. The monoisotopic (exact) mass is 353 g/mol. The third kappa shape index (κ3) is 4.21. The van der Waals surface area contributed by atoms with Gasteiger partial charge < -0.3 is 10.1 Å². The van der Waals surface area contributed by atoms with E-state index in [1.807, 2.05) is 39.0 Å². The van der Waals surface area contributed by atoms with Crippen LogP contribution in [0.5, 0.6) is 5.75 Å². The SMILES string of the molecule is Cc1ccc(C)c(OC(C)C(=O)NCc2nc(C)c3c(n2)CCCC3)c1. The molecule has 1 atom stereocenters. The van der Waals surface area contributed by atoms with Crippen LogP contribution in [0.2, 0.25) is 0 Å². The van der Waals surface area contributed by atoms with Crippen molar-refractivity contribution in [3.8, 4) is 5.75 Å². The summed E-state index contributed by atoms with van der Waals surface area (Å²) in [6, 6.07) is 5.98. The van der Waals surface area contributed by atoms with Gasteiger partial charge in [-0.3, -0.25) is 4.79 Å². The first kappa shape index (κ1) is 18.4. The fourth-order valence-electron chi connectivity index (χ4n) is 3.31. The number of nitrogens with one attached hydrogen (secondary N) is 1. The van der Waals surface area contributed by atoms with Crippen LogP contribution in [-0.2, 0) is 24.2 Å². The Labute approximate surface area is 155 Å². The lowest BCUT2D eigenvalue weighted by Gasteiger charge is -2.19. The lowest BCUT2D eigenvalue weighted by molar-refractivity contribution is -0.127. The molecule has 0 radical (unpaired) electrons. The molecular formula is C21H27N3O2. The Morgan fingerprint density at radius 2 is 1.96 bits per heavy atom. The highest BCUT2D eigenvalue weighted by Gasteiger charge is 2.18. The van der Waals surface area contributed by atoms with Crippen molar-refractivity contribution in [2.24, 2.45) is 0 Å². The zero-order chi connectivity index (χ0) is 18.7. The number of nitrogens with zero attached hydrogens (tertiary/aromatic N) is 2. The molecule has 138 valence electrons. The first-order valence-electron chi connectivity index (χ1n) is 9.31. The molecule has 1 heterocycles. The number of rotatable bonds is 5. The van der Waals surface area contributed by atoms with Gasteiger partial charge in [-0.2, -0.15) is 0 Å². The summed E-state index contributed by atoms with van der Waals surface area (Å²) < 4.78 is 5.84. The second-order valence-corrected chi connectivity index (χ2v) is 7.10. The highest BCUT2D eigenvalue weighted by molar-refractivity contribution is 5.80. The molecular weight excluding hydrogens is 326 g/mol. The van der Waals surface area contributed by atoms with Gasteiger partial charge in [0.2, 0.25) is 0 Å². The Kier molecular flexibility index (Phi) is 5.55. The Hall–Kier alpha value is -2.43. The highest BCUT2D eigenvalue weighted by Crippen LogP contribution is 2.22. The maximum Gasteiger partial charge on any atom is 0.261 e. The zero-order valence-corrected chi connectivity index (χ0v) is 16.1. The van der Waals surface area contributed by atoms with Crippen LogP contribution in [0.25, 0.3) is 0 Å². The van der Waals surface area contributed by atoms with E-state index in [0.717, 1.165) is 41.1 Å². The third-order valence-corrected chi connectivity index (χ3v) is 4.87. The van der Waals surface area contributed by atoms with Crippen molar-refractivity contribution < 1.29 is 9.53 Å². The van der Waals surface area contributed by atoms with Gasteiger partial charge in [0.25, 0.3) is 5.91 Å². The molecule has 1 aliphatic rings. The number of aromatic nitrogens is 2. The van der Waals surface area contributed by atoms with Crippen molar-refractivity contribution >= 4 is 5.91 Å². The van der Waals surface area contributed by atoms with E-state index in [1.165, 1.54) is 18.4 Å². The summed E-state index contributed by atoms with van der Waals surface area (Å²) in [5.41, 5.74) is 5.60. The Morgan fingerprint density at radius 3 is 2.77 bits per heavy atom. The number of ether oxygens (including phenoxy) is 1. The minimum atomic E-state index is -0.575. The number of hydrogen-bond donors (Lipinski definition) is 1. The number of fused-ring (bicyclic) bond motifs is 1. The van der Waals surface area contributed by atoms with Gasteiger partial charge in [-0.25, -0.2) is 9.97 Å². The molecule has 1 aromatic carbocycles. The quantitative estimate of drug-likeness (QED) is 0.895. The molecule has 1 amide bonds. The molecule has 1 unspecified atom stereocenters. The van der Waals surface area contributed by atoms with E-state index in [1.54, 1.807) is 6.92 Å². The highest BCUT2D eigenvalue weighted by atomic mass is 16.5. The van der Waals surface area contributed by atoms with E-state index in [2.05, 4.69) is 15.3 Å². The first-order chi connectivity index (χ1) is 12.4. The van der Waals surface area contributed by atoms with Crippen LogP contribution >= 0.6 is 0 Å². The second-order valence-electron chi connectivity index (χ2n) is 7.10. The maximum absolute atomic E-state index is 12.4. The fraction of sp³-hybridized carbons (Fsp3) is 0.476. The van der Waals surface area contributed by atoms with Crippen LogP contribution in [0.4, 0.5) is 0 Å². The molecule has 1 aromatic heterocycles. The maximum atomic E-state index is 12.4. The molecule has 5 nitrogen and oxygen atoms in total. The molecule has 0 bridgehead atoms. The molecule has 0 saturated carbocycles. The predicted molar refractivity (Wildman–Crippen MR) is 101 cm³/mol. The third-order valence-electron chi connectivity index (χ3n) is 4.87. The summed E-state index contributed by atoms with van der Waals surface area (Å²) in [6.07, 6.45) is 3.88. The number of aryl methyl sites for hydroxylation is 4. The first-order valence-corrected chi connectivity index (χ1v) is 9.31. The average Bonchev–Trinajstić information content (AvgIpc) is 2.62. The van der Waals surface area contributed by atoms with Gasteiger partial charge in [0.15, 0.2) is 6.10 Å².